The maximum atomic E-state index is 6.22. The fourth-order valence-electron chi connectivity index (χ4n) is 3.26. The molecule has 0 radical (unpaired) electrons. The van der Waals surface area contributed by atoms with Crippen LogP contribution in [-0.4, -0.2) is 34.5 Å². The second-order valence-corrected chi connectivity index (χ2v) is 10.2. The van der Waals surface area contributed by atoms with Crippen LogP contribution in [0.2, 0.25) is 11.6 Å². The minimum Gasteiger partial charge on any atom is -0.397 e. The first kappa shape index (κ1) is 14.5. The molecule has 4 heteroatoms. The second kappa shape index (κ2) is 6.03. The minimum atomic E-state index is -1.94. The van der Waals surface area contributed by atoms with E-state index >= 15 is 0 Å². The van der Waals surface area contributed by atoms with Crippen LogP contribution in [0.15, 0.2) is 0 Å². The van der Waals surface area contributed by atoms with Gasteiger partial charge in [-0.05, 0) is 43.2 Å². The number of fused-ring (bicyclic) bond motifs is 1. The Morgan fingerprint density at radius 3 is 2.61 bits per heavy atom. The fraction of sp³-hybridized carbons (Fsp3) is 1.00. The van der Waals surface area contributed by atoms with Crippen molar-refractivity contribution in [3.8, 4) is 0 Å². The van der Waals surface area contributed by atoms with Crippen LogP contribution in [0.25, 0.3) is 0 Å². The lowest BCUT2D eigenvalue weighted by atomic mass is 9.87. The van der Waals surface area contributed by atoms with E-state index < -0.39 is 8.56 Å². The summed E-state index contributed by atoms with van der Waals surface area (Å²) in [6.45, 7) is 7.51. The van der Waals surface area contributed by atoms with E-state index in [2.05, 4.69) is 20.8 Å². The highest BCUT2D eigenvalue weighted by Crippen LogP contribution is 2.40. The van der Waals surface area contributed by atoms with Gasteiger partial charge in [0.2, 0.25) is 0 Å². The Bertz CT molecular complexity index is 266. The van der Waals surface area contributed by atoms with Crippen molar-refractivity contribution in [2.75, 3.05) is 13.7 Å². The SMILES string of the molecule is CC[Si](OC)(OCCC1CCC2OC2C1)C(C)C. The van der Waals surface area contributed by atoms with Crippen LogP contribution >= 0.6 is 0 Å². The largest absolute Gasteiger partial charge is 0.397 e. The molecule has 2 aliphatic rings. The molecule has 106 valence electrons. The van der Waals surface area contributed by atoms with E-state index in [1.165, 1.54) is 25.7 Å². The Morgan fingerprint density at radius 2 is 2.06 bits per heavy atom. The average molecular weight is 272 g/mol. The van der Waals surface area contributed by atoms with Gasteiger partial charge in [0.25, 0.3) is 0 Å². The Morgan fingerprint density at radius 1 is 1.28 bits per heavy atom. The van der Waals surface area contributed by atoms with E-state index in [0.29, 0.717) is 17.7 Å². The summed E-state index contributed by atoms with van der Waals surface area (Å²) in [4.78, 5) is 0. The van der Waals surface area contributed by atoms with Crippen LogP contribution in [-0.2, 0) is 13.6 Å². The van der Waals surface area contributed by atoms with Crippen LogP contribution in [0.3, 0.4) is 0 Å². The summed E-state index contributed by atoms with van der Waals surface area (Å²) >= 11 is 0. The van der Waals surface area contributed by atoms with Gasteiger partial charge in [0, 0.05) is 13.7 Å². The highest BCUT2D eigenvalue weighted by molar-refractivity contribution is 6.68. The minimum absolute atomic E-state index is 0.523. The summed E-state index contributed by atoms with van der Waals surface area (Å²) in [6.07, 6.45) is 6.21. The Kier molecular flexibility index (Phi) is 4.86. The van der Waals surface area contributed by atoms with Crippen LogP contribution in [0, 0.1) is 5.92 Å². The van der Waals surface area contributed by atoms with Gasteiger partial charge >= 0.3 is 8.56 Å². The van der Waals surface area contributed by atoms with Gasteiger partial charge in [-0.3, -0.25) is 0 Å². The van der Waals surface area contributed by atoms with Gasteiger partial charge in [0.05, 0.1) is 12.2 Å². The zero-order chi connectivity index (χ0) is 13.2. The first-order valence-electron chi connectivity index (χ1n) is 7.46. The lowest BCUT2D eigenvalue weighted by molar-refractivity contribution is 0.171. The van der Waals surface area contributed by atoms with Gasteiger partial charge in [0.1, 0.15) is 0 Å². The van der Waals surface area contributed by atoms with E-state index in [1.807, 2.05) is 7.11 Å². The van der Waals surface area contributed by atoms with E-state index in [1.54, 1.807) is 0 Å². The summed E-state index contributed by atoms with van der Waals surface area (Å²) in [5, 5.41) is 0. The van der Waals surface area contributed by atoms with Gasteiger partial charge in [-0.1, -0.05) is 20.8 Å². The normalized spacial score (nSPS) is 34.2. The number of epoxide rings is 1. The molecule has 1 aliphatic heterocycles. The predicted octanol–water partition coefficient (Wildman–Crippen LogP) is 3.48. The van der Waals surface area contributed by atoms with Crippen LogP contribution in [0.5, 0.6) is 0 Å². The Hall–Kier alpha value is 0.0969. The summed E-state index contributed by atoms with van der Waals surface area (Å²) in [5.74, 6) is 0.807. The maximum Gasteiger partial charge on any atom is 0.340 e. The van der Waals surface area contributed by atoms with Crippen molar-refractivity contribution in [2.24, 2.45) is 5.92 Å². The molecule has 4 atom stereocenters. The topological polar surface area (TPSA) is 31.0 Å². The molecule has 0 N–H and O–H groups in total. The lowest BCUT2D eigenvalue weighted by Crippen LogP contribution is -2.44. The summed E-state index contributed by atoms with van der Waals surface area (Å²) < 4.78 is 17.6. The zero-order valence-corrected chi connectivity index (χ0v) is 13.3. The second-order valence-electron chi connectivity index (χ2n) is 6.05. The molecule has 0 aromatic carbocycles. The van der Waals surface area contributed by atoms with Gasteiger partial charge in [-0.25, -0.2) is 0 Å². The molecular weight excluding hydrogens is 244 g/mol. The van der Waals surface area contributed by atoms with Crippen molar-refractivity contribution in [3.63, 3.8) is 0 Å². The number of ether oxygens (including phenoxy) is 1. The van der Waals surface area contributed by atoms with Gasteiger partial charge in [0.15, 0.2) is 0 Å². The van der Waals surface area contributed by atoms with Crippen LogP contribution < -0.4 is 0 Å². The van der Waals surface area contributed by atoms with Crippen molar-refractivity contribution in [1.29, 1.82) is 0 Å². The van der Waals surface area contributed by atoms with E-state index in [9.17, 15) is 0 Å². The molecule has 4 unspecified atom stereocenters. The number of rotatable bonds is 7. The highest BCUT2D eigenvalue weighted by atomic mass is 28.4. The molecule has 1 saturated carbocycles. The molecule has 1 saturated heterocycles. The molecule has 0 aromatic heterocycles. The smallest absolute Gasteiger partial charge is 0.340 e. The third-order valence-electron chi connectivity index (χ3n) is 4.70. The standard InChI is InChI=1S/C14H28O3Si/c1-5-18(15-4,11(2)3)16-9-8-12-6-7-13-14(10-12)17-13/h11-14H,5-10H2,1-4H3. The third-order valence-corrected chi connectivity index (χ3v) is 8.83. The lowest BCUT2D eigenvalue weighted by Gasteiger charge is -2.32. The molecule has 1 heterocycles. The van der Waals surface area contributed by atoms with Gasteiger partial charge in [-0.2, -0.15) is 0 Å². The number of hydrogen-bond donors (Lipinski definition) is 0. The highest BCUT2D eigenvalue weighted by Gasteiger charge is 2.44. The average Bonchev–Trinajstić information content (AvgIpc) is 3.13. The molecule has 18 heavy (non-hydrogen) atoms. The quantitative estimate of drug-likeness (QED) is 0.525. The monoisotopic (exact) mass is 272 g/mol. The maximum absolute atomic E-state index is 6.22. The summed E-state index contributed by atoms with van der Waals surface area (Å²) in [7, 11) is -0.125. The molecule has 0 spiro atoms. The van der Waals surface area contributed by atoms with E-state index in [-0.39, 0.29) is 0 Å². The van der Waals surface area contributed by atoms with Crippen LogP contribution in [0.4, 0.5) is 0 Å². The van der Waals surface area contributed by atoms with Gasteiger partial charge in [-0.15, -0.1) is 0 Å². The molecular formula is C14H28O3Si. The van der Waals surface area contributed by atoms with Crippen molar-refractivity contribution in [2.45, 2.75) is 70.2 Å². The number of hydrogen-bond acceptors (Lipinski definition) is 3. The Labute approximate surface area is 112 Å². The zero-order valence-electron chi connectivity index (χ0n) is 12.3. The van der Waals surface area contributed by atoms with Crippen molar-refractivity contribution >= 4 is 8.56 Å². The first-order valence-corrected chi connectivity index (χ1v) is 9.56. The fourth-order valence-corrected chi connectivity index (χ4v) is 5.96. The summed E-state index contributed by atoms with van der Waals surface area (Å²) in [6, 6.07) is 1.04. The molecule has 3 nitrogen and oxygen atoms in total. The van der Waals surface area contributed by atoms with Crippen molar-refractivity contribution < 1.29 is 13.6 Å². The van der Waals surface area contributed by atoms with E-state index in [0.717, 1.165) is 18.6 Å². The van der Waals surface area contributed by atoms with Crippen molar-refractivity contribution in [1.82, 2.24) is 0 Å². The molecule has 0 aromatic rings. The van der Waals surface area contributed by atoms with Crippen LogP contribution in [0.1, 0.15) is 46.5 Å². The molecule has 2 rings (SSSR count). The molecule has 2 fully saturated rings. The van der Waals surface area contributed by atoms with Crippen molar-refractivity contribution in [3.05, 3.63) is 0 Å². The molecule has 0 amide bonds. The van der Waals surface area contributed by atoms with E-state index in [4.69, 9.17) is 13.6 Å². The predicted molar refractivity (Wildman–Crippen MR) is 74.9 cm³/mol. The third kappa shape index (κ3) is 3.16. The molecule has 0 bridgehead atoms. The Balaban J connectivity index is 1.72. The first-order chi connectivity index (χ1) is 8.61. The van der Waals surface area contributed by atoms with Gasteiger partial charge < -0.3 is 13.6 Å². The molecule has 1 aliphatic carbocycles. The summed E-state index contributed by atoms with van der Waals surface area (Å²) in [5.41, 5.74) is 0.523.